The minimum absolute atomic E-state index is 0.0712. The standard InChI is InChI=1S/C13H16BrNO2/c1-17-12-5-3-2-4-11(12)13(16)15-8-6-10(14)7-9-15/h2-5,10H,6-9H2,1H3. The summed E-state index contributed by atoms with van der Waals surface area (Å²) in [6, 6.07) is 7.39. The number of alkyl halides is 1. The van der Waals surface area contributed by atoms with Crippen LogP contribution in [0.15, 0.2) is 24.3 Å². The number of nitrogens with zero attached hydrogens (tertiary/aromatic N) is 1. The molecule has 0 bridgehead atoms. The second kappa shape index (κ2) is 5.54. The molecule has 0 unspecified atom stereocenters. The van der Waals surface area contributed by atoms with Gasteiger partial charge in [-0.25, -0.2) is 0 Å². The summed E-state index contributed by atoms with van der Waals surface area (Å²) in [4.78, 5) is 14.8. The molecule has 0 aliphatic carbocycles. The van der Waals surface area contributed by atoms with Crippen molar-refractivity contribution in [2.24, 2.45) is 0 Å². The summed E-state index contributed by atoms with van der Waals surface area (Å²) < 4.78 is 5.22. The maximum atomic E-state index is 12.3. The van der Waals surface area contributed by atoms with Crippen molar-refractivity contribution < 1.29 is 9.53 Å². The van der Waals surface area contributed by atoms with E-state index in [2.05, 4.69) is 15.9 Å². The number of rotatable bonds is 2. The molecule has 0 radical (unpaired) electrons. The van der Waals surface area contributed by atoms with Gasteiger partial charge >= 0.3 is 0 Å². The van der Waals surface area contributed by atoms with Crippen molar-refractivity contribution in [1.29, 1.82) is 0 Å². The third-order valence-electron chi connectivity index (χ3n) is 3.05. The molecular weight excluding hydrogens is 282 g/mol. The lowest BCUT2D eigenvalue weighted by molar-refractivity contribution is 0.0725. The molecule has 2 rings (SSSR count). The van der Waals surface area contributed by atoms with Crippen molar-refractivity contribution in [3.05, 3.63) is 29.8 Å². The van der Waals surface area contributed by atoms with E-state index in [0.717, 1.165) is 25.9 Å². The number of hydrogen-bond donors (Lipinski definition) is 0. The zero-order valence-corrected chi connectivity index (χ0v) is 11.4. The maximum absolute atomic E-state index is 12.3. The van der Waals surface area contributed by atoms with Crippen molar-refractivity contribution in [2.45, 2.75) is 17.7 Å². The van der Waals surface area contributed by atoms with Gasteiger partial charge in [-0.1, -0.05) is 28.1 Å². The Morgan fingerprint density at radius 1 is 1.35 bits per heavy atom. The maximum Gasteiger partial charge on any atom is 0.257 e. The molecule has 1 fully saturated rings. The van der Waals surface area contributed by atoms with E-state index in [1.165, 1.54) is 0 Å². The zero-order valence-electron chi connectivity index (χ0n) is 9.86. The smallest absolute Gasteiger partial charge is 0.257 e. The van der Waals surface area contributed by atoms with Gasteiger partial charge in [0.25, 0.3) is 5.91 Å². The van der Waals surface area contributed by atoms with Gasteiger partial charge in [0.2, 0.25) is 0 Å². The number of para-hydroxylation sites is 1. The number of piperidine rings is 1. The molecule has 1 heterocycles. The summed E-state index contributed by atoms with van der Waals surface area (Å²) in [5.41, 5.74) is 0.656. The lowest BCUT2D eigenvalue weighted by atomic mass is 10.1. The third kappa shape index (κ3) is 2.80. The van der Waals surface area contributed by atoms with E-state index in [9.17, 15) is 4.79 Å². The highest BCUT2D eigenvalue weighted by Crippen LogP contribution is 2.23. The number of ether oxygens (including phenoxy) is 1. The fourth-order valence-electron chi connectivity index (χ4n) is 2.04. The molecule has 0 saturated carbocycles. The number of amides is 1. The number of methoxy groups -OCH3 is 1. The fraction of sp³-hybridized carbons (Fsp3) is 0.462. The van der Waals surface area contributed by atoms with Crippen molar-refractivity contribution >= 4 is 21.8 Å². The zero-order chi connectivity index (χ0) is 12.3. The first-order valence-electron chi connectivity index (χ1n) is 5.78. The molecule has 1 amide bonds. The summed E-state index contributed by atoms with van der Waals surface area (Å²) in [5.74, 6) is 0.723. The molecule has 1 aliphatic rings. The van der Waals surface area contributed by atoms with Crippen LogP contribution >= 0.6 is 15.9 Å². The highest BCUT2D eigenvalue weighted by atomic mass is 79.9. The molecule has 92 valence electrons. The van der Waals surface area contributed by atoms with Gasteiger partial charge in [0.1, 0.15) is 5.75 Å². The van der Waals surface area contributed by atoms with Crippen LogP contribution in [0.1, 0.15) is 23.2 Å². The van der Waals surface area contributed by atoms with Crippen LogP contribution in [-0.2, 0) is 0 Å². The van der Waals surface area contributed by atoms with Crippen LogP contribution in [0.3, 0.4) is 0 Å². The molecule has 3 nitrogen and oxygen atoms in total. The van der Waals surface area contributed by atoms with Crippen LogP contribution < -0.4 is 4.74 Å². The van der Waals surface area contributed by atoms with Crippen LogP contribution in [-0.4, -0.2) is 35.8 Å². The van der Waals surface area contributed by atoms with Gasteiger partial charge in [-0.05, 0) is 25.0 Å². The summed E-state index contributed by atoms with van der Waals surface area (Å²) in [5, 5.41) is 0. The highest BCUT2D eigenvalue weighted by molar-refractivity contribution is 9.09. The molecule has 1 saturated heterocycles. The predicted molar refractivity (Wildman–Crippen MR) is 70.8 cm³/mol. The SMILES string of the molecule is COc1ccccc1C(=O)N1CCC(Br)CC1. The van der Waals surface area contributed by atoms with E-state index in [-0.39, 0.29) is 5.91 Å². The summed E-state index contributed by atoms with van der Waals surface area (Å²) in [7, 11) is 1.59. The minimum Gasteiger partial charge on any atom is -0.496 e. The van der Waals surface area contributed by atoms with E-state index in [4.69, 9.17) is 4.74 Å². The number of carbonyl (C=O) groups excluding carboxylic acids is 1. The van der Waals surface area contributed by atoms with Crippen molar-refractivity contribution in [1.82, 2.24) is 4.90 Å². The van der Waals surface area contributed by atoms with Crippen LogP contribution in [0.2, 0.25) is 0 Å². The molecule has 17 heavy (non-hydrogen) atoms. The first-order chi connectivity index (χ1) is 8.22. The Morgan fingerprint density at radius 3 is 2.65 bits per heavy atom. The fourth-order valence-corrected chi connectivity index (χ4v) is 2.45. The topological polar surface area (TPSA) is 29.5 Å². The van der Waals surface area contributed by atoms with E-state index in [1.54, 1.807) is 7.11 Å². The Morgan fingerprint density at radius 2 is 2.00 bits per heavy atom. The lowest BCUT2D eigenvalue weighted by Crippen LogP contribution is -2.38. The van der Waals surface area contributed by atoms with Gasteiger partial charge in [-0.2, -0.15) is 0 Å². The number of likely N-dealkylation sites (tertiary alicyclic amines) is 1. The van der Waals surface area contributed by atoms with E-state index in [1.807, 2.05) is 29.2 Å². The molecular formula is C13H16BrNO2. The lowest BCUT2D eigenvalue weighted by Gasteiger charge is -2.29. The summed E-state index contributed by atoms with van der Waals surface area (Å²) >= 11 is 3.59. The summed E-state index contributed by atoms with van der Waals surface area (Å²) in [6.45, 7) is 1.62. The van der Waals surface area contributed by atoms with Crippen molar-refractivity contribution in [2.75, 3.05) is 20.2 Å². The summed E-state index contributed by atoms with van der Waals surface area (Å²) in [6.07, 6.45) is 2.03. The Balaban J connectivity index is 2.14. The normalized spacial score (nSPS) is 16.9. The van der Waals surface area contributed by atoms with Gasteiger partial charge in [-0.3, -0.25) is 4.79 Å². The molecule has 0 spiro atoms. The Kier molecular flexibility index (Phi) is 4.05. The average molecular weight is 298 g/mol. The highest BCUT2D eigenvalue weighted by Gasteiger charge is 2.23. The van der Waals surface area contributed by atoms with Gasteiger partial charge < -0.3 is 9.64 Å². The van der Waals surface area contributed by atoms with Crippen LogP contribution in [0.5, 0.6) is 5.75 Å². The van der Waals surface area contributed by atoms with Gasteiger partial charge in [-0.15, -0.1) is 0 Å². The van der Waals surface area contributed by atoms with Gasteiger partial charge in [0.05, 0.1) is 12.7 Å². The second-order valence-electron chi connectivity index (χ2n) is 4.17. The first-order valence-corrected chi connectivity index (χ1v) is 6.70. The van der Waals surface area contributed by atoms with Crippen LogP contribution in [0.4, 0.5) is 0 Å². The molecule has 0 N–H and O–H groups in total. The number of carbonyl (C=O) groups is 1. The molecule has 1 aromatic rings. The number of halogens is 1. The quantitative estimate of drug-likeness (QED) is 0.786. The Hall–Kier alpha value is -1.03. The Bertz CT molecular complexity index is 400. The number of hydrogen-bond acceptors (Lipinski definition) is 2. The molecule has 1 aromatic carbocycles. The number of benzene rings is 1. The largest absolute Gasteiger partial charge is 0.496 e. The van der Waals surface area contributed by atoms with E-state index < -0.39 is 0 Å². The van der Waals surface area contributed by atoms with Gasteiger partial charge in [0.15, 0.2) is 0 Å². The monoisotopic (exact) mass is 297 g/mol. The molecule has 1 aliphatic heterocycles. The van der Waals surface area contributed by atoms with E-state index >= 15 is 0 Å². The van der Waals surface area contributed by atoms with Crippen LogP contribution in [0.25, 0.3) is 0 Å². The molecule has 0 atom stereocenters. The molecule has 4 heteroatoms. The average Bonchev–Trinajstić information content (AvgIpc) is 2.39. The predicted octanol–water partition coefficient (Wildman–Crippen LogP) is 2.69. The Labute approximate surface area is 110 Å². The molecule has 0 aromatic heterocycles. The third-order valence-corrected chi connectivity index (χ3v) is 3.96. The van der Waals surface area contributed by atoms with E-state index in [0.29, 0.717) is 16.1 Å². The minimum atomic E-state index is 0.0712. The van der Waals surface area contributed by atoms with Crippen LogP contribution in [0, 0.1) is 0 Å². The second-order valence-corrected chi connectivity index (χ2v) is 5.46. The first kappa shape index (κ1) is 12.4. The van der Waals surface area contributed by atoms with Crippen molar-refractivity contribution in [3.63, 3.8) is 0 Å². The van der Waals surface area contributed by atoms with Gasteiger partial charge in [0, 0.05) is 17.9 Å². The van der Waals surface area contributed by atoms with Crippen molar-refractivity contribution in [3.8, 4) is 5.75 Å².